The molecule has 0 aromatic heterocycles. The molecule has 0 bridgehead atoms. The zero-order valence-corrected chi connectivity index (χ0v) is 4.76. The number of amides is 2. The largest absolute Gasteiger partial charge is 0.396 e. The Labute approximate surface area is 51.9 Å². The third kappa shape index (κ3) is 1.08. The van der Waals surface area contributed by atoms with Crippen molar-refractivity contribution >= 4 is 11.8 Å². The SMILES string of the molecule is O=C1C[C@H](CO)C(=O)N1. The summed E-state index contributed by atoms with van der Waals surface area (Å²) >= 11 is 0. The molecule has 1 heterocycles. The second-order valence-electron chi connectivity index (χ2n) is 2.00. The zero-order valence-electron chi connectivity index (χ0n) is 4.76. The number of hydrogen-bond donors (Lipinski definition) is 2. The van der Waals surface area contributed by atoms with Crippen LogP contribution in [0.4, 0.5) is 0 Å². The molecule has 1 fully saturated rings. The molecule has 1 aliphatic rings. The first-order valence-corrected chi connectivity index (χ1v) is 2.68. The standard InChI is InChI=1S/C5H7NO3/c7-2-3-1-4(8)6-5(3)9/h3,7H,1-2H2,(H,6,8,9)/t3-/m1/s1. The van der Waals surface area contributed by atoms with Crippen LogP contribution in [-0.4, -0.2) is 23.5 Å². The highest BCUT2D eigenvalue weighted by Gasteiger charge is 2.29. The van der Waals surface area contributed by atoms with Crippen LogP contribution in [-0.2, 0) is 9.59 Å². The van der Waals surface area contributed by atoms with Gasteiger partial charge < -0.3 is 5.11 Å². The summed E-state index contributed by atoms with van der Waals surface area (Å²) in [5.74, 6) is -1.15. The van der Waals surface area contributed by atoms with E-state index in [4.69, 9.17) is 5.11 Å². The normalized spacial score (nSPS) is 26.6. The summed E-state index contributed by atoms with van der Waals surface area (Å²) in [6.45, 7) is -0.239. The Bertz CT molecular complexity index is 154. The van der Waals surface area contributed by atoms with E-state index in [-0.39, 0.29) is 24.8 Å². The van der Waals surface area contributed by atoms with Gasteiger partial charge in [-0.25, -0.2) is 0 Å². The molecular formula is C5H7NO3. The second-order valence-corrected chi connectivity index (χ2v) is 2.00. The molecule has 0 unspecified atom stereocenters. The van der Waals surface area contributed by atoms with Crippen LogP contribution in [0.1, 0.15) is 6.42 Å². The molecule has 1 saturated heterocycles. The second kappa shape index (κ2) is 2.14. The topological polar surface area (TPSA) is 66.4 Å². The van der Waals surface area contributed by atoms with E-state index in [0.717, 1.165) is 0 Å². The average Bonchev–Trinajstić information content (AvgIpc) is 2.10. The molecule has 0 aromatic carbocycles. The molecule has 4 nitrogen and oxygen atoms in total. The summed E-state index contributed by atoms with van der Waals surface area (Å²) in [6, 6.07) is 0. The molecule has 2 N–H and O–H groups in total. The first-order valence-electron chi connectivity index (χ1n) is 2.68. The van der Waals surface area contributed by atoms with Crippen molar-refractivity contribution in [1.82, 2.24) is 5.32 Å². The smallest absolute Gasteiger partial charge is 0.232 e. The number of carbonyl (C=O) groups excluding carboxylic acids is 2. The number of hydrogen-bond acceptors (Lipinski definition) is 3. The minimum Gasteiger partial charge on any atom is -0.396 e. The fourth-order valence-corrected chi connectivity index (χ4v) is 0.754. The van der Waals surface area contributed by atoms with Gasteiger partial charge in [-0.3, -0.25) is 14.9 Å². The summed E-state index contributed by atoms with van der Waals surface area (Å²) in [5, 5.41) is 10.5. The van der Waals surface area contributed by atoms with Gasteiger partial charge in [-0.15, -0.1) is 0 Å². The summed E-state index contributed by atoms with van der Waals surface area (Å²) in [5.41, 5.74) is 0. The molecule has 0 aliphatic carbocycles. The van der Waals surface area contributed by atoms with Crippen LogP contribution in [0.2, 0.25) is 0 Å². The van der Waals surface area contributed by atoms with Gasteiger partial charge in [0.05, 0.1) is 12.5 Å². The van der Waals surface area contributed by atoms with Crippen LogP contribution in [0.15, 0.2) is 0 Å². The summed E-state index contributed by atoms with van der Waals surface area (Å²) in [6.07, 6.45) is 0.134. The Balaban J connectivity index is 2.58. The van der Waals surface area contributed by atoms with Crippen LogP contribution in [0.25, 0.3) is 0 Å². The monoisotopic (exact) mass is 129 g/mol. The van der Waals surface area contributed by atoms with Crippen molar-refractivity contribution in [3.63, 3.8) is 0 Å². The fraction of sp³-hybridized carbons (Fsp3) is 0.600. The summed E-state index contributed by atoms with van der Waals surface area (Å²) in [7, 11) is 0. The van der Waals surface area contributed by atoms with E-state index >= 15 is 0 Å². The molecule has 0 aromatic rings. The highest BCUT2D eigenvalue weighted by Crippen LogP contribution is 2.08. The maximum Gasteiger partial charge on any atom is 0.232 e. The van der Waals surface area contributed by atoms with E-state index in [9.17, 15) is 9.59 Å². The van der Waals surface area contributed by atoms with Crippen LogP contribution < -0.4 is 5.32 Å². The van der Waals surface area contributed by atoms with Crippen molar-refractivity contribution < 1.29 is 14.7 Å². The van der Waals surface area contributed by atoms with Gasteiger partial charge in [-0.2, -0.15) is 0 Å². The molecule has 1 rings (SSSR count). The van der Waals surface area contributed by atoms with Gasteiger partial charge in [0.25, 0.3) is 0 Å². The van der Waals surface area contributed by atoms with Gasteiger partial charge in [0.15, 0.2) is 0 Å². The molecule has 9 heavy (non-hydrogen) atoms. The Morgan fingerprint density at radius 1 is 1.67 bits per heavy atom. The Morgan fingerprint density at radius 2 is 2.33 bits per heavy atom. The van der Waals surface area contributed by atoms with Gasteiger partial charge >= 0.3 is 0 Å². The summed E-state index contributed by atoms with van der Waals surface area (Å²) in [4.78, 5) is 20.9. The van der Waals surface area contributed by atoms with Crippen molar-refractivity contribution in [2.24, 2.45) is 5.92 Å². The van der Waals surface area contributed by atoms with Gasteiger partial charge in [0, 0.05) is 6.42 Å². The van der Waals surface area contributed by atoms with Crippen molar-refractivity contribution in [1.29, 1.82) is 0 Å². The van der Waals surface area contributed by atoms with Gasteiger partial charge in [0.2, 0.25) is 11.8 Å². The van der Waals surface area contributed by atoms with Gasteiger partial charge in [-0.1, -0.05) is 0 Å². The van der Waals surface area contributed by atoms with Crippen molar-refractivity contribution in [2.75, 3.05) is 6.61 Å². The van der Waals surface area contributed by atoms with Crippen molar-refractivity contribution in [2.45, 2.75) is 6.42 Å². The fourth-order valence-electron chi connectivity index (χ4n) is 0.754. The van der Waals surface area contributed by atoms with Crippen molar-refractivity contribution in [3.8, 4) is 0 Å². The van der Waals surface area contributed by atoms with E-state index in [2.05, 4.69) is 5.32 Å². The number of aliphatic hydroxyl groups is 1. The first kappa shape index (κ1) is 6.22. The van der Waals surface area contributed by atoms with Gasteiger partial charge in [-0.05, 0) is 0 Å². The molecule has 0 radical (unpaired) electrons. The van der Waals surface area contributed by atoms with E-state index in [1.165, 1.54) is 0 Å². The first-order chi connectivity index (χ1) is 4.24. The van der Waals surface area contributed by atoms with E-state index in [0.29, 0.717) is 0 Å². The lowest BCUT2D eigenvalue weighted by Gasteiger charge is -1.95. The van der Waals surface area contributed by atoms with Crippen LogP contribution in [0.3, 0.4) is 0 Å². The highest BCUT2D eigenvalue weighted by molar-refractivity contribution is 6.03. The van der Waals surface area contributed by atoms with Crippen LogP contribution in [0.5, 0.6) is 0 Å². The third-order valence-corrected chi connectivity index (χ3v) is 1.29. The maximum atomic E-state index is 10.5. The minimum atomic E-state index is -0.502. The quantitative estimate of drug-likeness (QED) is 0.430. The maximum absolute atomic E-state index is 10.5. The lowest BCUT2D eigenvalue weighted by atomic mass is 10.1. The number of aliphatic hydroxyl groups excluding tert-OH is 1. The molecule has 1 aliphatic heterocycles. The predicted octanol–water partition coefficient (Wildman–Crippen LogP) is -1.36. The molecule has 0 saturated carbocycles. The summed E-state index contributed by atoms with van der Waals surface area (Å²) < 4.78 is 0. The molecule has 50 valence electrons. The van der Waals surface area contributed by atoms with Crippen LogP contribution in [0, 0.1) is 5.92 Å². The van der Waals surface area contributed by atoms with E-state index in [1.54, 1.807) is 0 Å². The van der Waals surface area contributed by atoms with E-state index < -0.39 is 5.92 Å². The predicted molar refractivity (Wildman–Crippen MR) is 28.3 cm³/mol. The zero-order chi connectivity index (χ0) is 6.85. The molecule has 2 amide bonds. The average molecular weight is 129 g/mol. The molecular weight excluding hydrogens is 122 g/mol. The number of imide groups is 1. The number of carbonyl (C=O) groups is 2. The van der Waals surface area contributed by atoms with Crippen LogP contribution >= 0.6 is 0 Å². The van der Waals surface area contributed by atoms with E-state index in [1.807, 2.05) is 0 Å². The highest BCUT2D eigenvalue weighted by atomic mass is 16.3. The number of nitrogens with one attached hydrogen (secondary N) is 1. The lowest BCUT2D eigenvalue weighted by molar-refractivity contribution is -0.126. The Kier molecular flexibility index (Phi) is 1.48. The molecule has 4 heteroatoms. The number of rotatable bonds is 1. The van der Waals surface area contributed by atoms with Crippen molar-refractivity contribution in [3.05, 3.63) is 0 Å². The molecule has 1 atom stereocenters. The lowest BCUT2D eigenvalue weighted by Crippen LogP contribution is -2.23. The van der Waals surface area contributed by atoms with Gasteiger partial charge in [0.1, 0.15) is 0 Å². The Hall–Kier alpha value is -0.900. The molecule has 0 spiro atoms. The minimum absolute atomic E-state index is 0.134. The Morgan fingerprint density at radius 3 is 2.56 bits per heavy atom. The third-order valence-electron chi connectivity index (χ3n) is 1.29.